The molecular weight excluding hydrogens is 366 g/mol. The molecular formula is C19H21N3O6. The smallest absolute Gasteiger partial charge is 0.277 e. The Morgan fingerprint density at radius 1 is 1.25 bits per heavy atom. The van der Waals surface area contributed by atoms with E-state index >= 15 is 0 Å². The summed E-state index contributed by atoms with van der Waals surface area (Å²) in [5.74, 6) is -0.274. The summed E-state index contributed by atoms with van der Waals surface area (Å²) in [6.45, 7) is 5.43. The van der Waals surface area contributed by atoms with Crippen molar-refractivity contribution in [3.63, 3.8) is 0 Å². The Morgan fingerprint density at radius 3 is 2.68 bits per heavy atom. The second-order valence-electron chi connectivity index (χ2n) is 5.92. The zero-order valence-corrected chi connectivity index (χ0v) is 15.8. The highest BCUT2D eigenvalue weighted by molar-refractivity contribution is 5.87. The summed E-state index contributed by atoms with van der Waals surface area (Å²) in [6, 6.07) is 7.89. The molecule has 0 bridgehead atoms. The van der Waals surface area contributed by atoms with Crippen LogP contribution in [0.25, 0.3) is 0 Å². The number of carbonyl (C=O) groups excluding carboxylic acids is 1. The van der Waals surface area contributed by atoms with Gasteiger partial charge in [-0.05, 0) is 38.0 Å². The summed E-state index contributed by atoms with van der Waals surface area (Å²) in [7, 11) is 0. The Morgan fingerprint density at radius 2 is 2.00 bits per heavy atom. The van der Waals surface area contributed by atoms with Crippen LogP contribution in [-0.2, 0) is 4.79 Å². The average Bonchev–Trinajstić information content (AvgIpc) is 2.65. The lowest BCUT2D eigenvalue weighted by Crippen LogP contribution is -2.24. The first-order valence-corrected chi connectivity index (χ1v) is 8.48. The average molecular weight is 387 g/mol. The van der Waals surface area contributed by atoms with Crippen LogP contribution in [0.5, 0.6) is 17.2 Å². The molecule has 0 aliphatic heterocycles. The summed E-state index contributed by atoms with van der Waals surface area (Å²) >= 11 is 0. The summed E-state index contributed by atoms with van der Waals surface area (Å²) in [5, 5.41) is 24.8. The molecule has 9 nitrogen and oxygen atoms in total. The van der Waals surface area contributed by atoms with Crippen LogP contribution in [0.2, 0.25) is 0 Å². The number of nitro groups is 1. The Bertz CT molecular complexity index is 911. The molecule has 0 atom stereocenters. The maximum Gasteiger partial charge on any atom is 0.277 e. The molecule has 0 radical (unpaired) electrons. The van der Waals surface area contributed by atoms with Crippen molar-refractivity contribution >= 4 is 17.8 Å². The van der Waals surface area contributed by atoms with E-state index in [0.29, 0.717) is 5.75 Å². The standard InChI is InChI=1S/C19H21N3O6/c1-4-27-17-9-15(22(25)26)8-14(19(17)24)10-20-21-18(23)11-28-16-7-12(2)5-6-13(16)3/h5-10,24H,4,11H2,1-3H3,(H,21,23). The molecule has 0 unspecified atom stereocenters. The van der Waals surface area contributed by atoms with Crippen LogP contribution in [0.3, 0.4) is 0 Å². The van der Waals surface area contributed by atoms with Crippen molar-refractivity contribution in [2.24, 2.45) is 5.10 Å². The van der Waals surface area contributed by atoms with Crippen molar-refractivity contribution in [3.8, 4) is 17.2 Å². The molecule has 28 heavy (non-hydrogen) atoms. The second kappa shape index (κ2) is 9.36. The molecule has 0 aliphatic carbocycles. The number of carbonyl (C=O) groups is 1. The van der Waals surface area contributed by atoms with Crippen molar-refractivity contribution in [1.82, 2.24) is 5.43 Å². The van der Waals surface area contributed by atoms with E-state index in [1.807, 2.05) is 32.0 Å². The number of hydrogen-bond acceptors (Lipinski definition) is 7. The van der Waals surface area contributed by atoms with E-state index in [2.05, 4.69) is 10.5 Å². The fraction of sp³-hybridized carbons (Fsp3) is 0.263. The third-order valence-electron chi connectivity index (χ3n) is 3.70. The fourth-order valence-corrected chi connectivity index (χ4v) is 2.30. The van der Waals surface area contributed by atoms with Crippen molar-refractivity contribution in [2.75, 3.05) is 13.2 Å². The van der Waals surface area contributed by atoms with Gasteiger partial charge in [0, 0.05) is 11.6 Å². The molecule has 2 N–H and O–H groups in total. The SMILES string of the molecule is CCOc1cc([N+](=O)[O-])cc(C=NNC(=O)COc2cc(C)ccc2C)c1O. The van der Waals surface area contributed by atoms with E-state index in [0.717, 1.165) is 29.5 Å². The maximum absolute atomic E-state index is 11.9. The van der Waals surface area contributed by atoms with Crippen LogP contribution in [0.4, 0.5) is 5.69 Å². The van der Waals surface area contributed by atoms with E-state index in [1.54, 1.807) is 6.92 Å². The molecule has 1 amide bonds. The van der Waals surface area contributed by atoms with Gasteiger partial charge in [-0.3, -0.25) is 14.9 Å². The molecule has 9 heteroatoms. The zero-order chi connectivity index (χ0) is 20.7. The molecule has 0 aliphatic rings. The minimum absolute atomic E-state index is 0.0356. The molecule has 2 rings (SSSR count). The van der Waals surface area contributed by atoms with Crippen LogP contribution in [-0.4, -0.2) is 35.4 Å². The molecule has 0 spiro atoms. The van der Waals surface area contributed by atoms with E-state index in [9.17, 15) is 20.0 Å². The lowest BCUT2D eigenvalue weighted by molar-refractivity contribution is -0.385. The first-order valence-electron chi connectivity index (χ1n) is 8.48. The van der Waals surface area contributed by atoms with Crippen LogP contribution in [0.1, 0.15) is 23.6 Å². The molecule has 0 heterocycles. The number of aromatic hydroxyl groups is 1. The number of aryl methyl sites for hydroxylation is 2. The number of nitrogens with one attached hydrogen (secondary N) is 1. The second-order valence-corrected chi connectivity index (χ2v) is 5.92. The van der Waals surface area contributed by atoms with Gasteiger partial charge in [-0.25, -0.2) is 5.43 Å². The predicted octanol–water partition coefficient (Wildman–Crippen LogP) is 2.85. The Balaban J connectivity index is 2.04. The van der Waals surface area contributed by atoms with Gasteiger partial charge in [0.05, 0.1) is 23.8 Å². The number of amides is 1. The van der Waals surface area contributed by atoms with Crippen molar-refractivity contribution in [3.05, 3.63) is 57.1 Å². The van der Waals surface area contributed by atoms with Gasteiger partial charge in [0.2, 0.25) is 0 Å². The molecule has 0 aromatic heterocycles. The lowest BCUT2D eigenvalue weighted by atomic mass is 10.1. The van der Waals surface area contributed by atoms with Crippen molar-refractivity contribution in [1.29, 1.82) is 0 Å². The summed E-state index contributed by atoms with van der Waals surface area (Å²) in [6.07, 6.45) is 1.10. The van der Waals surface area contributed by atoms with E-state index in [-0.39, 0.29) is 36.0 Å². The lowest BCUT2D eigenvalue weighted by Gasteiger charge is -2.09. The van der Waals surface area contributed by atoms with Crippen molar-refractivity contribution < 1.29 is 24.3 Å². The van der Waals surface area contributed by atoms with E-state index < -0.39 is 10.8 Å². The summed E-state index contributed by atoms with van der Waals surface area (Å²) in [4.78, 5) is 22.3. The molecule has 0 saturated carbocycles. The van der Waals surface area contributed by atoms with Crippen LogP contribution < -0.4 is 14.9 Å². The van der Waals surface area contributed by atoms with Gasteiger partial charge in [0.1, 0.15) is 5.75 Å². The quantitative estimate of drug-likeness (QED) is 0.408. The van der Waals surface area contributed by atoms with Gasteiger partial charge in [0.15, 0.2) is 18.1 Å². The normalized spacial score (nSPS) is 10.7. The van der Waals surface area contributed by atoms with Crippen LogP contribution in [0, 0.1) is 24.0 Å². The third kappa shape index (κ3) is 5.44. The fourth-order valence-electron chi connectivity index (χ4n) is 2.30. The van der Waals surface area contributed by atoms with Gasteiger partial charge in [-0.2, -0.15) is 5.10 Å². The first-order chi connectivity index (χ1) is 13.3. The van der Waals surface area contributed by atoms with E-state index in [4.69, 9.17) is 9.47 Å². The zero-order valence-electron chi connectivity index (χ0n) is 15.8. The molecule has 0 fully saturated rings. The highest BCUT2D eigenvalue weighted by Crippen LogP contribution is 2.33. The Labute approximate surface area is 161 Å². The first kappa shape index (κ1) is 20.7. The maximum atomic E-state index is 11.9. The van der Waals surface area contributed by atoms with Gasteiger partial charge >= 0.3 is 0 Å². The number of non-ortho nitro benzene ring substituents is 1. The topological polar surface area (TPSA) is 123 Å². The van der Waals surface area contributed by atoms with Gasteiger partial charge < -0.3 is 14.6 Å². The van der Waals surface area contributed by atoms with Crippen LogP contribution >= 0.6 is 0 Å². The number of hydrogen-bond donors (Lipinski definition) is 2. The number of phenolic OH excluding ortho intramolecular Hbond substituents is 1. The molecule has 0 saturated heterocycles. The largest absolute Gasteiger partial charge is 0.504 e. The summed E-state index contributed by atoms with van der Waals surface area (Å²) < 4.78 is 10.6. The number of phenols is 1. The van der Waals surface area contributed by atoms with Crippen LogP contribution in [0.15, 0.2) is 35.4 Å². The van der Waals surface area contributed by atoms with Gasteiger partial charge in [0.25, 0.3) is 11.6 Å². The summed E-state index contributed by atoms with van der Waals surface area (Å²) in [5.41, 5.74) is 3.91. The van der Waals surface area contributed by atoms with E-state index in [1.165, 1.54) is 0 Å². The highest BCUT2D eigenvalue weighted by Gasteiger charge is 2.16. The van der Waals surface area contributed by atoms with Gasteiger partial charge in [-0.15, -0.1) is 0 Å². The molecule has 2 aromatic carbocycles. The van der Waals surface area contributed by atoms with Gasteiger partial charge in [-0.1, -0.05) is 12.1 Å². The minimum atomic E-state index is -0.615. The number of benzene rings is 2. The Kier molecular flexibility index (Phi) is 6.91. The predicted molar refractivity (Wildman–Crippen MR) is 103 cm³/mol. The molecule has 148 valence electrons. The minimum Gasteiger partial charge on any atom is -0.504 e. The van der Waals surface area contributed by atoms with Crippen molar-refractivity contribution in [2.45, 2.75) is 20.8 Å². The third-order valence-corrected chi connectivity index (χ3v) is 3.70. The number of nitrogens with zero attached hydrogens (tertiary/aromatic N) is 2. The molecule has 2 aromatic rings. The monoisotopic (exact) mass is 387 g/mol. The highest BCUT2D eigenvalue weighted by atomic mass is 16.6. The number of ether oxygens (including phenoxy) is 2. The Hall–Kier alpha value is -3.62. The number of hydrazone groups is 1. The number of nitro benzene ring substituents is 1. The number of rotatable bonds is 8.